The molecule has 1 fully saturated rings. The van der Waals surface area contributed by atoms with E-state index in [1.165, 1.54) is 12.3 Å². The summed E-state index contributed by atoms with van der Waals surface area (Å²) in [6.45, 7) is 5.30. The van der Waals surface area contributed by atoms with E-state index >= 15 is 0 Å². The molecule has 23 heavy (non-hydrogen) atoms. The van der Waals surface area contributed by atoms with E-state index in [1.807, 2.05) is 13.8 Å². The maximum atomic E-state index is 12.3. The van der Waals surface area contributed by atoms with Crippen molar-refractivity contribution in [3.8, 4) is 0 Å². The Balaban J connectivity index is 1.81. The smallest absolute Gasteiger partial charge is 0.274 e. The van der Waals surface area contributed by atoms with Crippen molar-refractivity contribution < 1.29 is 18.6 Å². The third kappa shape index (κ3) is 3.58. The molecule has 0 spiro atoms. The Kier molecular flexibility index (Phi) is 4.71. The van der Waals surface area contributed by atoms with Crippen LogP contribution in [0.3, 0.4) is 0 Å². The number of hydrogen-bond donors (Lipinski definition) is 1. The summed E-state index contributed by atoms with van der Waals surface area (Å²) in [6.07, 6.45) is 3.01. The molecular weight excluding hydrogens is 300 g/mol. The molecule has 1 atom stereocenters. The molecule has 1 saturated heterocycles. The van der Waals surface area contributed by atoms with Crippen molar-refractivity contribution in [1.29, 1.82) is 0 Å². The monoisotopic (exact) mass is 320 g/mol. The average molecular weight is 320 g/mol. The van der Waals surface area contributed by atoms with Crippen LogP contribution in [-0.2, 0) is 4.74 Å². The fourth-order valence-corrected chi connectivity index (χ4v) is 2.58. The van der Waals surface area contributed by atoms with Crippen LogP contribution in [0.25, 0.3) is 0 Å². The van der Waals surface area contributed by atoms with Gasteiger partial charge in [0.05, 0.1) is 0 Å². The Labute approximate surface area is 133 Å². The van der Waals surface area contributed by atoms with Crippen molar-refractivity contribution >= 4 is 5.91 Å². The summed E-state index contributed by atoms with van der Waals surface area (Å²) in [7, 11) is 0. The summed E-state index contributed by atoms with van der Waals surface area (Å²) >= 11 is 0. The quantitative estimate of drug-likeness (QED) is 0.899. The lowest BCUT2D eigenvalue weighted by molar-refractivity contribution is 0.0466. The lowest BCUT2D eigenvalue weighted by Gasteiger charge is -2.28. The Morgan fingerprint density at radius 1 is 1.30 bits per heavy atom. The first-order chi connectivity index (χ1) is 11.1. The van der Waals surface area contributed by atoms with Crippen molar-refractivity contribution in [1.82, 2.24) is 20.6 Å². The number of nitrogens with one attached hydrogen (secondary N) is 1. The minimum atomic E-state index is -0.358. The standard InChI is InChI=1S/C15H20N4O4/c1-9(2)13-17-15(23-19-13)12(10-3-6-21-7-4-10)16-14(20)11-5-8-22-18-11/h5,8-10,12H,3-4,6-7H2,1-2H3,(H,16,20)/t12-/m1/s1. The Morgan fingerprint density at radius 3 is 2.70 bits per heavy atom. The molecule has 8 heteroatoms. The maximum Gasteiger partial charge on any atom is 0.274 e. The summed E-state index contributed by atoms with van der Waals surface area (Å²) in [4.78, 5) is 16.8. The summed E-state index contributed by atoms with van der Waals surface area (Å²) in [6, 6.07) is 1.16. The first-order valence-corrected chi connectivity index (χ1v) is 7.77. The number of carbonyl (C=O) groups is 1. The zero-order valence-corrected chi connectivity index (χ0v) is 13.2. The van der Waals surface area contributed by atoms with Crippen LogP contribution in [0.1, 0.15) is 60.9 Å². The summed E-state index contributed by atoms with van der Waals surface area (Å²) in [5.74, 6) is 1.08. The molecular formula is C15H20N4O4. The lowest BCUT2D eigenvalue weighted by Crippen LogP contribution is -2.36. The van der Waals surface area contributed by atoms with Crippen LogP contribution in [-0.4, -0.2) is 34.4 Å². The summed E-state index contributed by atoms with van der Waals surface area (Å²) < 4.78 is 15.5. The molecule has 3 heterocycles. The van der Waals surface area contributed by atoms with Gasteiger partial charge in [-0.3, -0.25) is 4.79 Å². The second-order valence-electron chi connectivity index (χ2n) is 5.93. The van der Waals surface area contributed by atoms with E-state index in [9.17, 15) is 4.79 Å². The van der Waals surface area contributed by atoms with Crippen molar-refractivity contribution in [3.05, 3.63) is 29.7 Å². The third-order valence-electron chi connectivity index (χ3n) is 3.93. The third-order valence-corrected chi connectivity index (χ3v) is 3.93. The van der Waals surface area contributed by atoms with E-state index in [2.05, 4.69) is 20.6 Å². The fraction of sp³-hybridized carbons (Fsp3) is 0.600. The number of amides is 1. The van der Waals surface area contributed by atoms with E-state index in [-0.39, 0.29) is 29.5 Å². The van der Waals surface area contributed by atoms with Crippen LogP contribution in [0.4, 0.5) is 0 Å². The highest BCUT2D eigenvalue weighted by molar-refractivity contribution is 5.92. The van der Waals surface area contributed by atoms with Gasteiger partial charge in [-0.15, -0.1) is 0 Å². The van der Waals surface area contributed by atoms with Gasteiger partial charge in [0.25, 0.3) is 5.91 Å². The van der Waals surface area contributed by atoms with Gasteiger partial charge in [-0.05, 0) is 18.8 Å². The van der Waals surface area contributed by atoms with Crippen LogP contribution in [0.15, 0.2) is 21.4 Å². The number of carbonyl (C=O) groups excluding carboxylic acids is 1. The van der Waals surface area contributed by atoms with Gasteiger partial charge in [0.2, 0.25) is 5.89 Å². The zero-order valence-electron chi connectivity index (χ0n) is 13.2. The largest absolute Gasteiger partial charge is 0.381 e. The van der Waals surface area contributed by atoms with E-state index in [0.29, 0.717) is 24.9 Å². The van der Waals surface area contributed by atoms with Gasteiger partial charge in [0, 0.05) is 25.2 Å². The molecule has 3 rings (SSSR count). The van der Waals surface area contributed by atoms with Crippen molar-refractivity contribution in [2.45, 2.75) is 38.6 Å². The molecule has 0 saturated carbocycles. The van der Waals surface area contributed by atoms with Gasteiger partial charge in [-0.2, -0.15) is 4.98 Å². The van der Waals surface area contributed by atoms with Crippen molar-refractivity contribution in [2.24, 2.45) is 5.92 Å². The van der Waals surface area contributed by atoms with Gasteiger partial charge in [0.1, 0.15) is 12.3 Å². The topological polar surface area (TPSA) is 103 Å². The lowest BCUT2D eigenvalue weighted by atomic mass is 9.91. The SMILES string of the molecule is CC(C)c1noc([C@H](NC(=O)c2ccon2)C2CCOCC2)n1. The molecule has 0 aromatic carbocycles. The highest BCUT2D eigenvalue weighted by atomic mass is 16.5. The molecule has 0 aliphatic carbocycles. The molecule has 8 nitrogen and oxygen atoms in total. The Bertz CT molecular complexity index is 632. The molecule has 124 valence electrons. The molecule has 0 unspecified atom stereocenters. The molecule has 1 aliphatic heterocycles. The van der Waals surface area contributed by atoms with Gasteiger partial charge >= 0.3 is 0 Å². The molecule has 2 aromatic heterocycles. The molecule has 2 aromatic rings. The summed E-state index contributed by atoms with van der Waals surface area (Å²) in [5.41, 5.74) is 0.227. The summed E-state index contributed by atoms with van der Waals surface area (Å²) in [5, 5.41) is 10.6. The van der Waals surface area contributed by atoms with Crippen LogP contribution < -0.4 is 5.32 Å². The molecule has 1 amide bonds. The molecule has 0 radical (unpaired) electrons. The first kappa shape index (κ1) is 15.7. The highest BCUT2D eigenvalue weighted by Gasteiger charge is 2.32. The minimum Gasteiger partial charge on any atom is -0.381 e. The number of rotatable bonds is 5. The van der Waals surface area contributed by atoms with Gasteiger partial charge in [-0.1, -0.05) is 24.2 Å². The predicted molar refractivity (Wildman–Crippen MR) is 78.6 cm³/mol. The Morgan fingerprint density at radius 2 is 2.09 bits per heavy atom. The minimum absolute atomic E-state index is 0.161. The van der Waals surface area contributed by atoms with E-state index in [4.69, 9.17) is 13.8 Å². The van der Waals surface area contributed by atoms with E-state index in [0.717, 1.165) is 12.8 Å². The van der Waals surface area contributed by atoms with Gasteiger partial charge < -0.3 is 19.1 Å². The van der Waals surface area contributed by atoms with Gasteiger partial charge in [0.15, 0.2) is 11.5 Å². The van der Waals surface area contributed by atoms with E-state index < -0.39 is 0 Å². The highest BCUT2D eigenvalue weighted by Crippen LogP contribution is 2.30. The maximum absolute atomic E-state index is 12.3. The molecule has 1 N–H and O–H groups in total. The number of nitrogens with zero attached hydrogens (tertiary/aromatic N) is 3. The van der Waals surface area contributed by atoms with Crippen molar-refractivity contribution in [3.63, 3.8) is 0 Å². The van der Waals surface area contributed by atoms with E-state index in [1.54, 1.807) is 0 Å². The number of aromatic nitrogens is 3. The molecule has 1 aliphatic rings. The second kappa shape index (κ2) is 6.91. The second-order valence-corrected chi connectivity index (χ2v) is 5.93. The van der Waals surface area contributed by atoms with Crippen LogP contribution in [0, 0.1) is 5.92 Å². The Hall–Kier alpha value is -2.22. The number of ether oxygens (including phenoxy) is 1. The zero-order chi connectivity index (χ0) is 16.2. The number of hydrogen-bond acceptors (Lipinski definition) is 7. The fourth-order valence-electron chi connectivity index (χ4n) is 2.58. The average Bonchev–Trinajstić information content (AvgIpc) is 3.24. The van der Waals surface area contributed by atoms with Crippen molar-refractivity contribution in [2.75, 3.05) is 13.2 Å². The van der Waals surface area contributed by atoms with Gasteiger partial charge in [-0.25, -0.2) is 0 Å². The van der Waals surface area contributed by atoms with Crippen LogP contribution in [0.5, 0.6) is 0 Å². The van der Waals surface area contributed by atoms with Crippen LogP contribution in [0.2, 0.25) is 0 Å². The first-order valence-electron chi connectivity index (χ1n) is 7.77. The predicted octanol–water partition coefficient (Wildman–Crippen LogP) is 2.08. The molecule has 0 bridgehead atoms. The van der Waals surface area contributed by atoms with Crippen LogP contribution >= 0.6 is 0 Å². The normalized spacial score (nSPS) is 17.3.